The minimum absolute atomic E-state index is 0.0425. The highest BCUT2D eigenvalue weighted by Gasteiger charge is 2.26. The van der Waals surface area contributed by atoms with Gasteiger partial charge >= 0.3 is 0 Å². The topological polar surface area (TPSA) is 101 Å². The summed E-state index contributed by atoms with van der Waals surface area (Å²) in [5, 5.41) is 13.7. The molecule has 0 bridgehead atoms. The highest BCUT2D eigenvalue weighted by atomic mass is 32.2. The van der Waals surface area contributed by atoms with Crippen LogP contribution >= 0.6 is 0 Å². The summed E-state index contributed by atoms with van der Waals surface area (Å²) in [5.41, 5.74) is -0.128. The molecule has 0 aliphatic carbocycles. The Kier molecular flexibility index (Phi) is 4.36. The number of nitro benzene ring substituents is 1. The summed E-state index contributed by atoms with van der Waals surface area (Å²) in [5.74, 6) is 0.254. The van der Waals surface area contributed by atoms with Crippen LogP contribution < -0.4 is 10.0 Å². The molecule has 0 aromatic heterocycles. The van der Waals surface area contributed by atoms with Crippen LogP contribution in [-0.2, 0) is 10.0 Å². The maximum Gasteiger partial charge on any atom is 0.269 e. The lowest BCUT2D eigenvalue weighted by Crippen LogP contribution is -2.50. The smallest absolute Gasteiger partial charge is 0.269 e. The van der Waals surface area contributed by atoms with Gasteiger partial charge in [-0.1, -0.05) is 6.92 Å². The van der Waals surface area contributed by atoms with Crippen LogP contribution in [0, 0.1) is 16.0 Å². The molecule has 1 aromatic rings. The van der Waals surface area contributed by atoms with Crippen LogP contribution in [0.2, 0.25) is 0 Å². The Labute approximate surface area is 117 Å². The summed E-state index contributed by atoms with van der Waals surface area (Å²) in [6.07, 6.45) is 0.910. The molecule has 110 valence electrons. The van der Waals surface area contributed by atoms with E-state index < -0.39 is 14.9 Å². The Hall–Kier alpha value is -1.51. The second-order valence-corrected chi connectivity index (χ2v) is 6.66. The number of nitro groups is 1. The van der Waals surface area contributed by atoms with Crippen molar-refractivity contribution < 1.29 is 13.3 Å². The second kappa shape index (κ2) is 5.86. The Morgan fingerprint density at radius 1 is 1.35 bits per heavy atom. The molecular weight excluding hydrogens is 282 g/mol. The summed E-state index contributed by atoms with van der Waals surface area (Å²) in [7, 11) is -3.65. The van der Waals surface area contributed by atoms with Crippen LogP contribution in [0.3, 0.4) is 0 Å². The van der Waals surface area contributed by atoms with E-state index in [1.54, 1.807) is 0 Å². The van der Waals surface area contributed by atoms with Crippen LogP contribution in [0.5, 0.6) is 0 Å². The molecule has 1 aliphatic rings. The van der Waals surface area contributed by atoms with Crippen molar-refractivity contribution in [3.8, 4) is 0 Å². The highest BCUT2D eigenvalue weighted by Crippen LogP contribution is 2.18. The highest BCUT2D eigenvalue weighted by molar-refractivity contribution is 7.89. The van der Waals surface area contributed by atoms with Gasteiger partial charge in [0, 0.05) is 24.7 Å². The fourth-order valence-corrected chi connectivity index (χ4v) is 3.51. The van der Waals surface area contributed by atoms with Gasteiger partial charge in [-0.2, -0.15) is 0 Å². The van der Waals surface area contributed by atoms with Crippen molar-refractivity contribution >= 4 is 15.7 Å². The average Bonchev–Trinajstić information content (AvgIpc) is 2.41. The van der Waals surface area contributed by atoms with Crippen molar-refractivity contribution in [1.29, 1.82) is 0 Å². The standard InChI is InChI=1S/C12H17N3O4S/c1-9-6-7-13-8-12(9)14-20(18,19)11-4-2-10(3-5-11)15(16)17/h2-5,9,12-14H,6-8H2,1H3. The summed E-state index contributed by atoms with van der Waals surface area (Å²) in [6, 6.07) is 4.72. The first-order valence-electron chi connectivity index (χ1n) is 6.37. The largest absolute Gasteiger partial charge is 0.315 e. The van der Waals surface area contributed by atoms with Crippen molar-refractivity contribution in [2.45, 2.75) is 24.3 Å². The molecule has 0 radical (unpaired) electrons. The number of hydrogen-bond donors (Lipinski definition) is 2. The predicted octanol–water partition coefficient (Wildman–Crippen LogP) is 0.871. The first kappa shape index (κ1) is 14.9. The second-order valence-electron chi connectivity index (χ2n) is 4.95. The van der Waals surface area contributed by atoms with Gasteiger partial charge in [0.25, 0.3) is 5.69 Å². The van der Waals surface area contributed by atoms with Gasteiger partial charge < -0.3 is 5.32 Å². The lowest BCUT2D eigenvalue weighted by Gasteiger charge is -2.29. The lowest BCUT2D eigenvalue weighted by atomic mass is 9.96. The molecule has 20 heavy (non-hydrogen) atoms. The molecule has 1 aliphatic heterocycles. The Morgan fingerprint density at radius 2 is 2.00 bits per heavy atom. The van der Waals surface area contributed by atoms with E-state index in [-0.39, 0.29) is 22.5 Å². The van der Waals surface area contributed by atoms with Gasteiger partial charge in [0.1, 0.15) is 0 Å². The first-order valence-corrected chi connectivity index (χ1v) is 7.86. The number of rotatable bonds is 4. The lowest BCUT2D eigenvalue weighted by molar-refractivity contribution is -0.384. The van der Waals surface area contributed by atoms with E-state index in [1.807, 2.05) is 6.92 Å². The predicted molar refractivity (Wildman–Crippen MR) is 73.9 cm³/mol. The maximum absolute atomic E-state index is 12.2. The van der Waals surface area contributed by atoms with E-state index >= 15 is 0 Å². The fraction of sp³-hybridized carbons (Fsp3) is 0.500. The van der Waals surface area contributed by atoms with Crippen LogP contribution in [0.4, 0.5) is 5.69 Å². The molecule has 1 fully saturated rings. The third kappa shape index (κ3) is 3.33. The minimum atomic E-state index is -3.65. The molecule has 1 saturated heterocycles. The van der Waals surface area contributed by atoms with E-state index in [1.165, 1.54) is 24.3 Å². The molecule has 2 unspecified atom stereocenters. The maximum atomic E-state index is 12.2. The molecule has 0 amide bonds. The molecule has 0 spiro atoms. The van der Waals surface area contributed by atoms with Gasteiger partial charge in [-0.15, -0.1) is 0 Å². The number of nitrogens with zero attached hydrogens (tertiary/aromatic N) is 1. The number of piperidine rings is 1. The molecule has 2 atom stereocenters. The third-order valence-corrected chi connectivity index (χ3v) is 5.00. The van der Waals surface area contributed by atoms with Gasteiger partial charge in [0.15, 0.2) is 0 Å². The van der Waals surface area contributed by atoms with Gasteiger partial charge in [-0.25, -0.2) is 13.1 Å². The fourth-order valence-electron chi connectivity index (χ4n) is 2.16. The summed E-state index contributed by atoms with van der Waals surface area (Å²) in [6.45, 7) is 3.48. The summed E-state index contributed by atoms with van der Waals surface area (Å²) in [4.78, 5) is 10.0. The van der Waals surface area contributed by atoms with Gasteiger partial charge in [0.05, 0.1) is 9.82 Å². The van der Waals surface area contributed by atoms with Gasteiger partial charge in [0.2, 0.25) is 10.0 Å². The SMILES string of the molecule is CC1CCNCC1NS(=O)(=O)c1ccc([N+](=O)[O-])cc1. The van der Waals surface area contributed by atoms with E-state index in [0.29, 0.717) is 6.54 Å². The van der Waals surface area contributed by atoms with E-state index in [9.17, 15) is 18.5 Å². The molecular formula is C12H17N3O4S. The number of hydrogen-bond acceptors (Lipinski definition) is 5. The van der Waals surface area contributed by atoms with Crippen LogP contribution in [0.1, 0.15) is 13.3 Å². The number of nitrogens with one attached hydrogen (secondary N) is 2. The number of benzene rings is 1. The zero-order chi connectivity index (χ0) is 14.8. The Bertz CT molecular complexity index is 585. The van der Waals surface area contributed by atoms with Crippen LogP contribution in [0.15, 0.2) is 29.2 Å². The Morgan fingerprint density at radius 3 is 2.55 bits per heavy atom. The van der Waals surface area contributed by atoms with Gasteiger partial charge in [-0.05, 0) is 31.0 Å². The van der Waals surface area contributed by atoms with Crippen molar-refractivity contribution in [2.24, 2.45) is 5.92 Å². The molecule has 7 nitrogen and oxygen atoms in total. The van der Waals surface area contributed by atoms with Crippen LogP contribution in [-0.4, -0.2) is 32.5 Å². The van der Waals surface area contributed by atoms with Crippen molar-refractivity contribution in [3.63, 3.8) is 0 Å². The van der Waals surface area contributed by atoms with E-state index in [2.05, 4.69) is 10.0 Å². The molecule has 1 heterocycles. The van der Waals surface area contributed by atoms with E-state index in [4.69, 9.17) is 0 Å². The Balaban J connectivity index is 2.15. The third-order valence-electron chi connectivity index (χ3n) is 3.49. The van der Waals surface area contributed by atoms with E-state index in [0.717, 1.165) is 13.0 Å². The zero-order valence-corrected chi connectivity index (χ0v) is 11.9. The minimum Gasteiger partial charge on any atom is -0.315 e. The summed E-state index contributed by atoms with van der Waals surface area (Å²) >= 11 is 0. The molecule has 2 N–H and O–H groups in total. The molecule has 1 aromatic carbocycles. The quantitative estimate of drug-likeness (QED) is 0.634. The number of non-ortho nitro benzene ring substituents is 1. The molecule has 2 rings (SSSR count). The van der Waals surface area contributed by atoms with Crippen LogP contribution in [0.25, 0.3) is 0 Å². The van der Waals surface area contributed by atoms with Crippen molar-refractivity contribution in [2.75, 3.05) is 13.1 Å². The summed E-state index contributed by atoms with van der Waals surface area (Å²) < 4.78 is 27.1. The molecule has 0 saturated carbocycles. The molecule has 8 heteroatoms. The average molecular weight is 299 g/mol. The van der Waals surface area contributed by atoms with Crippen molar-refractivity contribution in [3.05, 3.63) is 34.4 Å². The number of sulfonamides is 1. The monoisotopic (exact) mass is 299 g/mol. The van der Waals surface area contributed by atoms with Crippen molar-refractivity contribution in [1.82, 2.24) is 10.0 Å². The zero-order valence-electron chi connectivity index (χ0n) is 11.1. The first-order chi connectivity index (χ1) is 9.40. The normalized spacial score (nSPS) is 23.4. The van der Waals surface area contributed by atoms with Gasteiger partial charge in [-0.3, -0.25) is 10.1 Å².